The summed E-state index contributed by atoms with van der Waals surface area (Å²) in [4.78, 5) is 7.94. The SMILES string of the molecule is CCc1ncnc(NC(C)C2CCCNC2)c1F. The largest absolute Gasteiger partial charge is 0.365 e. The second kappa shape index (κ2) is 6.09. The molecular formula is C13H21FN4. The highest BCUT2D eigenvalue weighted by molar-refractivity contribution is 5.38. The Kier molecular flexibility index (Phi) is 4.47. The molecule has 1 fully saturated rings. The van der Waals surface area contributed by atoms with E-state index >= 15 is 0 Å². The molecule has 1 aliphatic heterocycles. The number of aromatic nitrogens is 2. The normalized spacial score (nSPS) is 21.6. The third kappa shape index (κ3) is 2.96. The molecule has 2 heterocycles. The number of nitrogens with zero attached hydrogens (tertiary/aromatic N) is 2. The van der Waals surface area contributed by atoms with Crippen LogP contribution < -0.4 is 10.6 Å². The molecule has 1 aliphatic rings. The van der Waals surface area contributed by atoms with Gasteiger partial charge < -0.3 is 10.6 Å². The fraction of sp³-hybridized carbons (Fsp3) is 0.692. The molecule has 5 heteroatoms. The molecule has 0 aromatic carbocycles. The van der Waals surface area contributed by atoms with Gasteiger partial charge in [0.05, 0.1) is 5.69 Å². The van der Waals surface area contributed by atoms with Gasteiger partial charge in [0.25, 0.3) is 0 Å². The molecule has 1 saturated heterocycles. The first kappa shape index (κ1) is 13.2. The van der Waals surface area contributed by atoms with Crippen molar-refractivity contribution >= 4 is 5.82 Å². The lowest BCUT2D eigenvalue weighted by atomic mass is 9.93. The first-order chi connectivity index (χ1) is 8.72. The van der Waals surface area contributed by atoms with Crippen molar-refractivity contribution in [1.29, 1.82) is 0 Å². The average molecular weight is 252 g/mol. The Morgan fingerprint density at radius 3 is 3.06 bits per heavy atom. The molecule has 2 rings (SSSR count). The van der Waals surface area contributed by atoms with Crippen molar-refractivity contribution in [3.63, 3.8) is 0 Å². The van der Waals surface area contributed by atoms with E-state index in [-0.39, 0.29) is 11.9 Å². The molecule has 1 aromatic heterocycles. The van der Waals surface area contributed by atoms with Crippen molar-refractivity contribution in [2.24, 2.45) is 5.92 Å². The predicted octanol–water partition coefficient (Wildman–Crippen LogP) is 1.98. The summed E-state index contributed by atoms with van der Waals surface area (Å²) >= 11 is 0. The molecule has 1 aromatic rings. The topological polar surface area (TPSA) is 49.8 Å². The van der Waals surface area contributed by atoms with E-state index in [4.69, 9.17) is 0 Å². The van der Waals surface area contributed by atoms with Gasteiger partial charge >= 0.3 is 0 Å². The molecule has 0 bridgehead atoms. The van der Waals surface area contributed by atoms with Crippen molar-refractivity contribution in [3.05, 3.63) is 17.8 Å². The first-order valence-electron chi connectivity index (χ1n) is 6.69. The van der Waals surface area contributed by atoms with Crippen molar-refractivity contribution in [1.82, 2.24) is 15.3 Å². The summed E-state index contributed by atoms with van der Waals surface area (Å²) in [5.41, 5.74) is 0.474. The maximum atomic E-state index is 14.0. The number of rotatable bonds is 4. The summed E-state index contributed by atoms with van der Waals surface area (Å²) in [6, 6.07) is 0.215. The van der Waals surface area contributed by atoms with E-state index in [1.54, 1.807) is 0 Å². The van der Waals surface area contributed by atoms with Crippen molar-refractivity contribution < 1.29 is 4.39 Å². The summed E-state index contributed by atoms with van der Waals surface area (Å²) < 4.78 is 14.0. The lowest BCUT2D eigenvalue weighted by Crippen LogP contribution is -2.39. The van der Waals surface area contributed by atoms with Crippen molar-refractivity contribution in [2.45, 2.75) is 39.2 Å². The Hall–Kier alpha value is -1.23. The minimum absolute atomic E-state index is 0.215. The molecule has 0 radical (unpaired) electrons. The number of halogens is 1. The first-order valence-corrected chi connectivity index (χ1v) is 6.69. The Bertz CT molecular complexity index is 391. The number of piperidine rings is 1. The Labute approximate surface area is 107 Å². The molecule has 2 unspecified atom stereocenters. The average Bonchev–Trinajstić information content (AvgIpc) is 2.42. The molecule has 2 atom stereocenters. The fourth-order valence-electron chi connectivity index (χ4n) is 2.39. The van der Waals surface area contributed by atoms with Crippen LogP contribution in [-0.4, -0.2) is 29.1 Å². The van der Waals surface area contributed by atoms with Gasteiger partial charge in [0.2, 0.25) is 0 Å². The van der Waals surface area contributed by atoms with Crippen LogP contribution in [0.1, 0.15) is 32.4 Å². The smallest absolute Gasteiger partial charge is 0.186 e. The lowest BCUT2D eigenvalue weighted by molar-refractivity contribution is 0.346. The zero-order valence-corrected chi connectivity index (χ0v) is 11.0. The quantitative estimate of drug-likeness (QED) is 0.860. The zero-order valence-electron chi connectivity index (χ0n) is 11.0. The molecule has 2 N–H and O–H groups in total. The van der Waals surface area contributed by atoms with Crippen LogP contribution in [0.25, 0.3) is 0 Å². The Balaban J connectivity index is 2.04. The molecular weight excluding hydrogens is 231 g/mol. The van der Waals surface area contributed by atoms with E-state index in [0.29, 0.717) is 23.9 Å². The second-order valence-electron chi connectivity index (χ2n) is 4.88. The summed E-state index contributed by atoms with van der Waals surface area (Å²) in [6.07, 6.45) is 4.37. The number of anilines is 1. The highest BCUT2D eigenvalue weighted by atomic mass is 19.1. The Morgan fingerprint density at radius 2 is 2.39 bits per heavy atom. The van der Waals surface area contributed by atoms with E-state index in [1.807, 2.05) is 6.92 Å². The van der Waals surface area contributed by atoms with Crippen LogP contribution in [0, 0.1) is 11.7 Å². The highest BCUT2D eigenvalue weighted by Crippen LogP contribution is 2.20. The number of nitrogens with one attached hydrogen (secondary N) is 2. The van der Waals surface area contributed by atoms with Crippen LogP contribution in [-0.2, 0) is 6.42 Å². The predicted molar refractivity (Wildman–Crippen MR) is 70.0 cm³/mol. The second-order valence-corrected chi connectivity index (χ2v) is 4.88. The van der Waals surface area contributed by atoms with Gasteiger partial charge in [-0.3, -0.25) is 0 Å². The standard InChI is InChI=1S/C13H21FN4/c1-3-11-12(14)13(17-8-16-11)18-9(2)10-5-4-6-15-7-10/h8-10,15H,3-7H2,1-2H3,(H,16,17,18). The van der Waals surface area contributed by atoms with Gasteiger partial charge in [-0.15, -0.1) is 0 Å². The fourth-order valence-corrected chi connectivity index (χ4v) is 2.39. The lowest BCUT2D eigenvalue weighted by Gasteiger charge is -2.29. The van der Waals surface area contributed by atoms with Gasteiger partial charge in [-0.1, -0.05) is 6.92 Å². The molecule has 0 saturated carbocycles. The highest BCUT2D eigenvalue weighted by Gasteiger charge is 2.21. The molecule has 18 heavy (non-hydrogen) atoms. The molecule has 0 aliphatic carbocycles. The number of aryl methyl sites for hydroxylation is 1. The van der Waals surface area contributed by atoms with E-state index in [1.165, 1.54) is 19.2 Å². The molecule has 0 amide bonds. The molecule has 4 nitrogen and oxygen atoms in total. The zero-order chi connectivity index (χ0) is 13.0. The number of hydrogen-bond donors (Lipinski definition) is 2. The van der Waals surface area contributed by atoms with E-state index in [0.717, 1.165) is 13.1 Å². The van der Waals surface area contributed by atoms with Crippen molar-refractivity contribution in [2.75, 3.05) is 18.4 Å². The van der Waals surface area contributed by atoms with Crippen LogP contribution >= 0.6 is 0 Å². The van der Waals surface area contributed by atoms with Crippen molar-refractivity contribution in [3.8, 4) is 0 Å². The van der Waals surface area contributed by atoms with Crippen LogP contribution in [0.15, 0.2) is 6.33 Å². The van der Waals surface area contributed by atoms with Gasteiger partial charge in [0, 0.05) is 6.04 Å². The number of hydrogen-bond acceptors (Lipinski definition) is 4. The van der Waals surface area contributed by atoms with Gasteiger partial charge in [-0.25, -0.2) is 14.4 Å². The Morgan fingerprint density at radius 1 is 1.56 bits per heavy atom. The maximum Gasteiger partial charge on any atom is 0.186 e. The monoisotopic (exact) mass is 252 g/mol. The minimum atomic E-state index is -0.310. The summed E-state index contributed by atoms with van der Waals surface area (Å²) in [6.45, 7) is 6.06. The van der Waals surface area contributed by atoms with Crippen LogP contribution in [0.5, 0.6) is 0 Å². The van der Waals surface area contributed by atoms with Crippen LogP contribution in [0.4, 0.5) is 10.2 Å². The van der Waals surface area contributed by atoms with Gasteiger partial charge in [0.15, 0.2) is 11.6 Å². The minimum Gasteiger partial charge on any atom is -0.365 e. The van der Waals surface area contributed by atoms with Gasteiger partial charge in [-0.05, 0) is 45.2 Å². The molecule has 0 spiro atoms. The van der Waals surface area contributed by atoms with E-state index in [9.17, 15) is 4.39 Å². The maximum absolute atomic E-state index is 14.0. The third-order valence-corrected chi connectivity index (χ3v) is 3.60. The summed E-state index contributed by atoms with van der Waals surface area (Å²) in [5, 5.41) is 6.56. The van der Waals surface area contributed by atoms with Crippen LogP contribution in [0.3, 0.4) is 0 Å². The summed E-state index contributed by atoms with van der Waals surface area (Å²) in [5.74, 6) is 0.550. The summed E-state index contributed by atoms with van der Waals surface area (Å²) in [7, 11) is 0. The van der Waals surface area contributed by atoms with Crippen LogP contribution in [0.2, 0.25) is 0 Å². The third-order valence-electron chi connectivity index (χ3n) is 3.60. The van der Waals surface area contributed by atoms with Gasteiger partial charge in [-0.2, -0.15) is 0 Å². The van der Waals surface area contributed by atoms with E-state index in [2.05, 4.69) is 27.5 Å². The van der Waals surface area contributed by atoms with E-state index < -0.39 is 0 Å². The molecule has 100 valence electrons. The van der Waals surface area contributed by atoms with Gasteiger partial charge in [0.1, 0.15) is 6.33 Å².